The minimum Gasteiger partial charge on any atom is -0.379 e. The summed E-state index contributed by atoms with van der Waals surface area (Å²) in [5.41, 5.74) is -2.23. The summed E-state index contributed by atoms with van der Waals surface area (Å²) in [6.45, 7) is 8.86. The fourth-order valence-electron chi connectivity index (χ4n) is 2.81. The molecule has 8 heteroatoms. The van der Waals surface area contributed by atoms with Crippen LogP contribution in [0.4, 0.5) is 13.2 Å². The molecule has 5 nitrogen and oxygen atoms in total. The number of hydrogen-bond donors (Lipinski definition) is 1. The van der Waals surface area contributed by atoms with Crippen LogP contribution in [0.1, 0.15) is 63.1 Å². The molecule has 1 fully saturated rings. The monoisotopic (exact) mass is 347 g/mol. The predicted molar refractivity (Wildman–Crippen MR) is 82.8 cm³/mol. The molecule has 0 radical (unpaired) electrons. The minimum atomic E-state index is -4.75. The van der Waals surface area contributed by atoms with Crippen molar-refractivity contribution in [2.24, 2.45) is 0 Å². The number of carbonyl (C=O) groups is 1. The number of aromatic nitrogens is 2. The SMILES string of the molecule is CC(C)c1cc(C(=O)N2CCC(O)(C(F)(F)F)C2)nn1C(C)(C)C. The molecule has 1 atom stereocenters. The van der Waals surface area contributed by atoms with Crippen LogP contribution < -0.4 is 0 Å². The highest BCUT2D eigenvalue weighted by Gasteiger charge is 2.58. The molecule has 0 spiro atoms. The highest BCUT2D eigenvalue weighted by atomic mass is 19.4. The molecule has 1 N–H and O–H groups in total. The van der Waals surface area contributed by atoms with Crippen LogP contribution in [0.15, 0.2) is 6.07 Å². The van der Waals surface area contributed by atoms with Crippen LogP contribution in [-0.2, 0) is 5.54 Å². The molecule has 1 unspecified atom stereocenters. The van der Waals surface area contributed by atoms with Crippen molar-refractivity contribution >= 4 is 5.91 Å². The molecular weight excluding hydrogens is 323 g/mol. The van der Waals surface area contributed by atoms with Gasteiger partial charge < -0.3 is 10.0 Å². The standard InChI is InChI=1S/C16H24F3N3O2/c1-10(2)12-8-11(20-22(12)14(3,4)5)13(23)21-7-6-15(24,9-21)16(17,18)19/h8,10,24H,6-7,9H2,1-5H3. The smallest absolute Gasteiger partial charge is 0.379 e. The van der Waals surface area contributed by atoms with Gasteiger partial charge in [-0.25, -0.2) is 0 Å². The number of amides is 1. The summed E-state index contributed by atoms with van der Waals surface area (Å²) in [6.07, 6.45) is -5.27. The van der Waals surface area contributed by atoms with Crippen molar-refractivity contribution in [3.63, 3.8) is 0 Å². The lowest BCUT2D eigenvalue weighted by Crippen LogP contribution is -2.48. The summed E-state index contributed by atoms with van der Waals surface area (Å²) in [5, 5.41) is 14.0. The second kappa shape index (κ2) is 5.75. The number of carbonyl (C=O) groups excluding carboxylic acids is 1. The maximum absolute atomic E-state index is 12.9. The van der Waals surface area contributed by atoms with Crippen molar-refractivity contribution in [2.75, 3.05) is 13.1 Å². The van der Waals surface area contributed by atoms with Crippen LogP contribution in [0.2, 0.25) is 0 Å². The van der Waals surface area contributed by atoms with Gasteiger partial charge in [0.1, 0.15) is 0 Å². The Morgan fingerprint density at radius 1 is 1.33 bits per heavy atom. The average Bonchev–Trinajstić information content (AvgIpc) is 3.01. The molecular formula is C16H24F3N3O2. The molecule has 1 aliphatic rings. The summed E-state index contributed by atoms with van der Waals surface area (Å²) < 4.78 is 40.5. The van der Waals surface area contributed by atoms with Crippen LogP contribution in [0.3, 0.4) is 0 Å². The third kappa shape index (κ3) is 3.29. The first-order chi connectivity index (χ1) is 10.8. The number of hydrogen-bond acceptors (Lipinski definition) is 3. The Morgan fingerprint density at radius 3 is 2.29 bits per heavy atom. The van der Waals surface area contributed by atoms with Crippen LogP contribution in [0, 0.1) is 0 Å². The average molecular weight is 347 g/mol. The van der Waals surface area contributed by atoms with Crippen LogP contribution in [0.5, 0.6) is 0 Å². The van der Waals surface area contributed by atoms with E-state index in [0.717, 1.165) is 10.6 Å². The number of aliphatic hydroxyl groups is 1. The molecule has 0 saturated carbocycles. The van der Waals surface area contributed by atoms with Crippen LogP contribution in [-0.4, -0.2) is 50.6 Å². The van der Waals surface area contributed by atoms with E-state index in [1.165, 1.54) is 0 Å². The van der Waals surface area contributed by atoms with Crippen LogP contribution in [0.25, 0.3) is 0 Å². The van der Waals surface area contributed by atoms with E-state index < -0.39 is 30.7 Å². The topological polar surface area (TPSA) is 58.4 Å². The molecule has 2 rings (SSSR count). The van der Waals surface area contributed by atoms with Gasteiger partial charge in [-0.2, -0.15) is 18.3 Å². The Balaban J connectivity index is 2.29. The Morgan fingerprint density at radius 2 is 1.92 bits per heavy atom. The van der Waals surface area contributed by atoms with Gasteiger partial charge in [0.15, 0.2) is 11.3 Å². The minimum absolute atomic E-state index is 0.111. The largest absolute Gasteiger partial charge is 0.419 e. The maximum atomic E-state index is 12.9. The van der Waals surface area contributed by atoms with Gasteiger partial charge in [-0.3, -0.25) is 9.48 Å². The van der Waals surface area contributed by atoms with E-state index in [0.29, 0.717) is 0 Å². The zero-order valence-corrected chi connectivity index (χ0v) is 14.6. The molecule has 0 aromatic carbocycles. The number of alkyl halides is 3. The van der Waals surface area contributed by atoms with E-state index in [-0.39, 0.29) is 23.7 Å². The van der Waals surface area contributed by atoms with Crippen molar-refractivity contribution in [3.8, 4) is 0 Å². The van der Waals surface area contributed by atoms with E-state index in [2.05, 4.69) is 5.10 Å². The number of rotatable bonds is 2. The second-order valence-electron chi connectivity index (χ2n) is 7.70. The van der Waals surface area contributed by atoms with E-state index in [1.54, 1.807) is 10.7 Å². The number of β-amino-alcohol motifs (C(OH)–C–C–N with tert-alkyl or cyclic N) is 1. The van der Waals surface area contributed by atoms with Gasteiger partial charge in [-0.05, 0) is 32.8 Å². The van der Waals surface area contributed by atoms with E-state index >= 15 is 0 Å². The van der Waals surface area contributed by atoms with E-state index in [4.69, 9.17) is 0 Å². The fourth-order valence-corrected chi connectivity index (χ4v) is 2.81. The van der Waals surface area contributed by atoms with Gasteiger partial charge in [0.2, 0.25) is 0 Å². The third-order valence-electron chi connectivity index (χ3n) is 4.25. The molecule has 136 valence electrons. The summed E-state index contributed by atoms with van der Waals surface area (Å²) in [4.78, 5) is 13.6. The second-order valence-corrected chi connectivity index (χ2v) is 7.70. The number of nitrogens with zero attached hydrogens (tertiary/aromatic N) is 3. The first-order valence-corrected chi connectivity index (χ1v) is 7.95. The van der Waals surface area contributed by atoms with Gasteiger partial charge in [0.25, 0.3) is 5.91 Å². The maximum Gasteiger partial charge on any atom is 0.419 e. The van der Waals surface area contributed by atoms with Gasteiger partial charge in [-0.15, -0.1) is 0 Å². The number of halogens is 3. The molecule has 1 amide bonds. The lowest BCUT2D eigenvalue weighted by atomic mass is 10.0. The van der Waals surface area contributed by atoms with Crippen molar-refractivity contribution in [1.29, 1.82) is 0 Å². The molecule has 1 aromatic rings. The zero-order valence-electron chi connectivity index (χ0n) is 14.6. The summed E-state index contributed by atoms with van der Waals surface area (Å²) >= 11 is 0. The van der Waals surface area contributed by atoms with Crippen molar-refractivity contribution < 1.29 is 23.1 Å². The van der Waals surface area contributed by atoms with Crippen LogP contribution >= 0.6 is 0 Å². The molecule has 0 aliphatic carbocycles. The molecule has 1 aromatic heterocycles. The quantitative estimate of drug-likeness (QED) is 0.895. The van der Waals surface area contributed by atoms with Gasteiger partial charge in [-0.1, -0.05) is 13.8 Å². The number of likely N-dealkylation sites (tertiary alicyclic amines) is 1. The molecule has 1 saturated heterocycles. The normalized spacial score (nSPS) is 22.5. The highest BCUT2D eigenvalue weighted by Crippen LogP contribution is 2.38. The third-order valence-corrected chi connectivity index (χ3v) is 4.25. The van der Waals surface area contributed by atoms with Gasteiger partial charge >= 0.3 is 6.18 Å². The first kappa shape index (κ1) is 18.8. The summed E-state index contributed by atoms with van der Waals surface area (Å²) in [6, 6.07) is 1.63. The van der Waals surface area contributed by atoms with Gasteiger partial charge in [0, 0.05) is 18.7 Å². The van der Waals surface area contributed by atoms with Crippen molar-refractivity contribution in [2.45, 2.75) is 64.3 Å². The van der Waals surface area contributed by atoms with Crippen molar-refractivity contribution in [3.05, 3.63) is 17.5 Å². The molecule has 2 heterocycles. The van der Waals surface area contributed by atoms with E-state index in [1.807, 2.05) is 34.6 Å². The van der Waals surface area contributed by atoms with E-state index in [9.17, 15) is 23.1 Å². The lowest BCUT2D eigenvalue weighted by molar-refractivity contribution is -0.253. The Hall–Kier alpha value is -1.57. The van der Waals surface area contributed by atoms with Crippen molar-refractivity contribution in [1.82, 2.24) is 14.7 Å². The first-order valence-electron chi connectivity index (χ1n) is 7.95. The summed E-state index contributed by atoms with van der Waals surface area (Å²) in [7, 11) is 0. The Kier molecular flexibility index (Phi) is 4.50. The molecule has 1 aliphatic heterocycles. The van der Waals surface area contributed by atoms with Gasteiger partial charge in [0.05, 0.1) is 12.1 Å². The highest BCUT2D eigenvalue weighted by molar-refractivity contribution is 5.92. The molecule has 24 heavy (non-hydrogen) atoms. The molecule has 0 bridgehead atoms. The zero-order chi connectivity index (χ0) is 18.5. The predicted octanol–water partition coefficient (Wildman–Crippen LogP) is 2.90. The fraction of sp³-hybridized carbons (Fsp3) is 0.750. The lowest BCUT2D eigenvalue weighted by Gasteiger charge is -2.25. The Bertz CT molecular complexity index is 631. The summed E-state index contributed by atoms with van der Waals surface area (Å²) in [5.74, 6) is -0.468. The Labute approximate surface area is 139 Å².